The van der Waals surface area contributed by atoms with Gasteiger partial charge in [-0.25, -0.2) is 0 Å². The third-order valence-electron chi connectivity index (χ3n) is 3.40. The topological polar surface area (TPSA) is 62.7 Å². The molecule has 0 aromatic rings. The van der Waals surface area contributed by atoms with Gasteiger partial charge in [0.15, 0.2) is 10.9 Å². The van der Waals surface area contributed by atoms with Gasteiger partial charge in [0, 0.05) is 6.54 Å². The average molecular weight is 281 g/mol. The van der Waals surface area contributed by atoms with Gasteiger partial charge in [-0.2, -0.15) is 5.10 Å². The van der Waals surface area contributed by atoms with E-state index in [2.05, 4.69) is 15.8 Å². The monoisotopic (exact) mass is 281 g/mol. The Morgan fingerprint density at radius 3 is 3.16 bits per heavy atom. The summed E-state index contributed by atoms with van der Waals surface area (Å²) in [6.07, 6.45) is 7.20. The molecule has 19 heavy (non-hydrogen) atoms. The van der Waals surface area contributed by atoms with E-state index in [1.807, 2.05) is 6.92 Å². The number of ether oxygens (including phenoxy) is 1. The largest absolute Gasteiger partial charge is 0.496 e. The number of allylic oxidation sites excluding steroid dienone is 1. The maximum absolute atomic E-state index is 12.2. The van der Waals surface area contributed by atoms with Crippen LogP contribution in [0.15, 0.2) is 16.9 Å². The second-order valence-corrected chi connectivity index (χ2v) is 5.14. The highest BCUT2D eigenvalue weighted by molar-refractivity contribution is 7.80. The molecule has 6 heteroatoms. The lowest BCUT2D eigenvalue weighted by Gasteiger charge is -2.33. The molecule has 1 aliphatic carbocycles. The van der Waals surface area contributed by atoms with Crippen molar-refractivity contribution in [1.82, 2.24) is 10.7 Å². The number of hydrogen-bond donors (Lipinski definition) is 2. The van der Waals surface area contributed by atoms with Crippen LogP contribution in [0.4, 0.5) is 0 Å². The molecule has 0 amide bonds. The molecular weight excluding hydrogens is 262 g/mol. The van der Waals surface area contributed by atoms with Crippen molar-refractivity contribution in [2.24, 2.45) is 11.0 Å². The molecule has 0 bridgehead atoms. The second kappa shape index (κ2) is 6.65. The van der Waals surface area contributed by atoms with Crippen LogP contribution in [0.25, 0.3) is 0 Å². The molecule has 0 saturated heterocycles. The van der Waals surface area contributed by atoms with Gasteiger partial charge in [0.25, 0.3) is 0 Å². The number of thiocarbonyl (C=S) groups is 1. The van der Waals surface area contributed by atoms with Gasteiger partial charge in [-0.05, 0) is 38.4 Å². The molecular formula is C13H19N3O2S. The van der Waals surface area contributed by atoms with Crippen molar-refractivity contribution in [3.05, 3.63) is 11.8 Å². The first-order chi connectivity index (χ1) is 9.22. The summed E-state index contributed by atoms with van der Waals surface area (Å²) in [4.78, 5) is 12.2. The van der Waals surface area contributed by atoms with Crippen LogP contribution < -0.4 is 10.7 Å². The van der Waals surface area contributed by atoms with E-state index in [0.717, 1.165) is 32.2 Å². The van der Waals surface area contributed by atoms with Gasteiger partial charge in [-0.15, -0.1) is 0 Å². The van der Waals surface area contributed by atoms with E-state index in [4.69, 9.17) is 17.0 Å². The molecule has 2 N–H and O–H groups in total. The molecule has 2 aliphatic rings. The third-order valence-corrected chi connectivity index (χ3v) is 3.64. The molecule has 2 unspecified atom stereocenters. The molecule has 104 valence electrons. The minimum Gasteiger partial charge on any atom is -0.496 e. The lowest BCUT2D eigenvalue weighted by molar-refractivity contribution is -0.126. The smallest absolute Gasteiger partial charge is 0.186 e. The van der Waals surface area contributed by atoms with Crippen molar-refractivity contribution in [3.63, 3.8) is 0 Å². The average Bonchev–Trinajstić information content (AvgIpc) is 2.42. The fourth-order valence-electron chi connectivity index (χ4n) is 2.45. The highest BCUT2D eigenvalue weighted by Gasteiger charge is 2.36. The van der Waals surface area contributed by atoms with Crippen LogP contribution in [-0.2, 0) is 9.53 Å². The summed E-state index contributed by atoms with van der Waals surface area (Å²) in [6.45, 7) is 2.68. The lowest BCUT2D eigenvalue weighted by Crippen LogP contribution is -2.37. The molecule has 0 radical (unpaired) electrons. The number of rotatable bonds is 3. The molecule has 1 aliphatic heterocycles. The summed E-state index contributed by atoms with van der Waals surface area (Å²) in [5, 5.41) is 7.31. The fraction of sp³-hybridized carbons (Fsp3) is 0.615. The highest BCUT2D eigenvalue weighted by Crippen LogP contribution is 2.32. The zero-order chi connectivity index (χ0) is 13.7. The summed E-state index contributed by atoms with van der Waals surface area (Å²) in [5.74, 6) is 0.136. The predicted molar refractivity (Wildman–Crippen MR) is 77.8 cm³/mol. The molecule has 2 rings (SSSR count). The van der Waals surface area contributed by atoms with Crippen molar-refractivity contribution < 1.29 is 9.53 Å². The fourth-order valence-corrected chi connectivity index (χ4v) is 2.64. The van der Waals surface area contributed by atoms with Crippen LogP contribution in [0.1, 0.15) is 32.6 Å². The molecule has 5 nitrogen and oxygen atoms in total. The Hall–Kier alpha value is -1.43. The molecule has 0 aromatic heterocycles. The number of carbonyl (C=O) groups excluding carboxylic acids is 1. The summed E-state index contributed by atoms with van der Waals surface area (Å²) in [5.41, 5.74) is 3.17. The van der Waals surface area contributed by atoms with Crippen LogP contribution in [0.3, 0.4) is 0 Å². The van der Waals surface area contributed by atoms with Gasteiger partial charge in [-0.1, -0.05) is 6.42 Å². The molecule has 1 saturated carbocycles. The SMILES string of the molecule is CCNC(=S)N/N=C/C1=COC2CCCCC2C1=O. The van der Waals surface area contributed by atoms with E-state index in [9.17, 15) is 4.79 Å². The molecule has 0 aromatic carbocycles. The number of carbonyl (C=O) groups is 1. The van der Waals surface area contributed by atoms with Gasteiger partial charge in [-0.3, -0.25) is 10.2 Å². The summed E-state index contributed by atoms with van der Waals surface area (Å²) >= 11 is 4.97. The van der Waals surface area contributed by atoms with Crippen molar-refractivity contribution in [2.45, 2.75) is 38.7 Å². The summed E-state index contributed by atoms with van der Waals surface area (Å²) in [7, 11) is 0. The Balaban J connectivity index is 1.93. The van der Waals surface area contributed by atoms with Crippen LogP contribution in [0.5, 0.6) is 0 Å². The highest BCUT2D eigenvalue weighted by atomic mass is 32.1. The minimum atomic E-state index is 0.000850. The van der Waals surface area contributed by atoms with Crippen molar-refractivity contribution in [3.8, 4) is 0 Å². The Kier molecular flexibility index (Phi) is 4.90. The van der Waals surface area contributed by atoms with Gasteiger partial charge < -0.3 is 10.1 Å². The van der Waals surface area contributed by atoms with Crippen LogP contribution >= 0.6 is 12.2 Å². The molecule has 2 atom stereocenters. The Morgan fingerprint density at radius 1 is 1.58 bits per heavy atom. The third kappa shape index (κ3) is 3.53. The standard InChI is InChI=1S/C13H19N3O2S/c1-2-14-13(19)16-15-7-9-8-18-11-6-4-3-5-10(11)12(9)17/h7-8,10-11H,2-6H2,1H3,(H2,14,16,19)/b15-7+. The maximum Gasteiger partial charge on any atom is 0.186 e. The van der Waals surface area contributed by atoms with E-state index in [1.165, 1.54) is 12.5 Å². The van der Waals surface area contributed by atoms with Crippen molar-refractivity contribution >= 4 is 29.3 Å². The molecule has 1 heterocycles. The van der Waals surface area contributed by atoms with Gasteiger partial charge >= 0.3 is 0 Å². The first-order valence-corrected chi connectivity index (χ1v) is 7.10. The summed E-state index contributed by atoms with van der Waals surface area (Å²) < 4.78 is 5.62. The number of nitrogens with zero attached hydrogens (tertiary/aromatic N) is 1. The zero-order valence-electron chi connectivity index (χ0n) is 11.0. The van der Waals surface area contributed by atoms with Crippen LogP contribution in [-0.4, -0.2) is 29.8 Å². The number of fused-ring (bicyclic) bond motifs is 1. The van der Waals surface area contributed by atoms with E-state index < -0.39 is 0 Å². The molecule has 0 spiro atoms. The first-order valence-electron chi connectivity index (χ1n) is 6.69. The Bertz CT molecular complexity index is 420. The molecule has 1 fully saturated rings. The van der Waals surface area contributed by atoms with E-state index in [0.29, 0.717) is 10.7 Å². The number of ketones is 1. The van der Waals surface area contributed by atoms with Gasteiger partial charge in [0.05, 0.1) is 24.0 Å². The predicted octanol–water partition coefficient (Wildman–Crippen LogP) is 1.50. The number of nitrogens with one attached hydrogen (secondary N) is 2. The van der Waals surface area contributed by atoms with E-state index >= 15 is 0 Å². The Labute approximate surface area is 118 Å². The second-order valence-electron chi connectivity index (χ2n) is 4.73. The van der Waals surface area contributed by atoms with Crippen molar-refractivity contribution in [1.29, 1.82) is 0 Å². The van der Waals surface area contributed by atoms with Crippen LogP contribution in [0, 0.1) is 5.92 Å². The van der Waals surface area contributed by atoms with E-state index in [-0.39, 0.29) is 17.8 Å². The zero-order valence-corrected chi connectivity index (χ0v) is 11.8. The minimum absolute atomic E-state index is 0.000850. The summed E-state index contributed by atoms with van der Waals surface area (Å²) in [6, 6.07) is 0. The van der Waals surface area contributed by atoms with Crippen molar-refractivity contribution in [2.75, 3.05) is 6.54 Å². The number of hydrazone groups is 1. The first kappa shape index (κ1) is 14.0. The maximum atomic E-state index is 12.2. The number of hydrogen-bond acceptors (Lipinski definition) is 4. The van der Waals surface area contributed by atoms with Gasteiger partial charge in [0.2, 0.25) is 0 Å². The lowest BCUT2D eigenvalue weighted by atomic mass is 9.80. The number of Topliss-reactive ketones (excluding diaryl/α,β-unsaturated/α-hetero) is 1. The van der Waals surface area contributed by atoms with Gasteiger partial charge in [0.1, 0.15) is 6.10 Å². The van der Waals surface area contributed by atoms with Crippen LogP contribution in [0.2, 0.25) is 0 Å². The quantitative estimate of drug-likeness (QED) is 0.466. The normalized spacial score (nSPS) is 26.4. The Morgan fingerprint density at radius 2 is 2.37 bits per heavy atom. The van der Waals surface area contributed by atoms with E-state index in [1.54, 1.807) is 0 Å².